The van der Waals surface area contributed by atoms with Gasteiger partial charge in [-0.2, -0.15) is 0 Å². The zero-order chi connectivity index (χ0) is 11.1. The molecule has 1 aromatic carbocycles. The number of allylic oxidation sites excluding steroid dienone is 1. The molecule has 0 saturated carbocycles. The Labute approximate surface area is 98.1 Å². The Morgan fingerprint density at radius 2 is 2.07 bits per heavy atom. The van der Waals surface area contributed by atoms with Crippen LogP contribution in [-0.2, 0) is 9.53 Å². The molecule has 0 atom stereocenters. The van der Waals surface area contributed by atoms with Crippen LogP contribution in [0.4, 0.5) is 0 Å². The summed E-state index contributed by atoms with van der Waals surface area (Å²) in [6, 6.07) is 9.76. The maximum atomic E-state index is 11.3. The van der Waals surface area contributed by atoms with E-state index in [1.165, 1.54) is 6.08 Å². The molecule has 2 nitrogen and oxygen atoms in total. The zero-order valence-corrected chi connectivity index (χ0v) is 10.2. The molecule has 0 heterocycles. The maximum absolute atomic E-state index is 11.3. The van der Waals surface area contributed by atoms with Crippen LogP contribution >= 0.6 is 15.9 Å². The van der Waals surface area contributed by atoms with Gasteiger partial charge in [0.15, 0.2) is 0 Å². The predicted molar refractivity (Wildman–Crippen MR) is 64.8 cm³/mol. The lowest BCUT2D eigenvalue weighted by Crippen LogP contribution is -2.01. The summed E-state index contributed by atoms with van der Waals surface area (Å²) < 4.78 is 4.86. The molecule has 3 heteroatoms. The van der Waals surface area contributed by atoms with E-state index in [2.05, 4.69) is 15.9 Å². The fourth-order valence-corrected chi connectivity index (χ4v) is 1.66. The largest absolute Gasteiger partial charge is 0.463 e. The third kappa shape index (κ3) is 3.88. The molecule has 0 aliphatic rings. The number of benzene rings is 1. The van der Waals surface area contributed by atoms with Crippen LogP contribution in [0.2, 0.25) is 0 Å². The Bertz CT molecular complexity index is 344. The van der Waals surface area contributed by atoms with Crippen molar-refractivity contribution in [3.05, 3.63) is 42.0 Å². The Kier molecular flexibility index (Phi) is 5.12. The minimum atomic E-state index is -0.296. The average Bonchev–Trinajstić information content (AvgIpc) is 2.27. The maximum Gasteiger partial charge on any atom is 0.331 e. The minimum absolute atomic E-state index is 0.296. The molecular formula is C12H13BrO2. The number of alkyl halides is 1. The Balaban J connectivity index is 2.84. The van der Waals surface area contributed by atoms with Gasteiger partial charge in [-0.05, 0) is 18.1 Å². The summed E-state index contributed by atoms with van der Waals surface area (Å²) in [6.07, 6.45) is 1.52. The molecule has 0 fully saturated rings. The van der Waals surface area contributed by atoms with Crippen LogP contribution in [0, 0.1) is 0 Å². The van der Waals surface area contributed by atoms with Crippen molar-refractivity contribution in [3.8, 4) is 0 Å². The molecule has 0 spiro atoms. The molecule has 80 valence electrons. The van der Waals surface area contributed by atoms with Crippen molar-refractivity contribution in [3.63, 3.8) is 0 Å². The van der Waals surface area contributed by atoms with E-state index in [9.17, 15) is 4.79 Å². The first-order valence-corrected chi connectivity index (χ1v) is 5.88. The second-order valence-electron chi connectivity index (χ2n) is 2.92. The standard InChI is InChI=1S/C12H13BrO2/c1-2-15-12(14)8-11(9-13)10-6-4-3-5-7-10/h3-8H,2,9H2,1H3/b11-8+. The third-order valence-corrected chi connectivity index (χ3v) is 2.47. The number of esters is 1. The van der Waals surface area contributed by atoms with Gasteiger partial charge in [-0.15, -0.1) is 0 Å². The quantitative estimate of drug-likeness (QED) is 0.477. The molecule has 0 amide bonds. The van der Waals surface area contributed by atoms with Crippen LogP contribution in [-0.4, -0.2) is 17.9 Å². The average molecular weight is 269 g/mol. The second kappa shape index (κ2) is 6.40. The molecule has 1 aromatic rings. The molecule has 0 radical (unpaired) electrons. The Morgan fingerprint density at radius 1 is 1.40 bits per heavy atom. The SMILES string of the molecule is CCOC(=O)/C=C(\CBr)c1ccccc1. The lowest BCUT2D eigenvalue weighted by atomic mass is 10.1. The smallest absolute Gasteiger partial charge is 0.331 e. The molecule has 0 unspecified atom stereocenters. The van der Waals surface area contributed by atoms with Crippen LogP contribution in [0.25, 0.3) is 5.57 Å². The van der Waals surface area contributed by atoms with Gasteiger partial charge in [0.1, 0.15) is 0 Å². The summed E-state index contributed by atoms with van der Waals surface area (Å²) >= 11 is 3.36. The van der Waals surface area contributed by atoms with Gasteiger partial charge in [0, 0.05) is 11.4 Å². The van der Waals surface area contributed by atoms with Gasteiger partial charge >= 0.3 is 5.97 Å². The van der Waals surface area contributed by atoms with Crippen molar-refractivity contribution in [2.45, 2.75) is 6.92 Å². The highest BCUT2D eigenvalue weighted by Crippen LogP contribution is 2.16. The fourth-order valence-electron chi connectivity index (χ4n) is 1.18. The van der Waals surface area contributed by atoms with E-state index in [1.807, 2.05) is 30.3 Å². The number of halogens is 1. The van der Waals surface area contributed by atoms with Crippen molar-refractivity contribution in [1.29, 1.82) is 0 Å². The molecule has 0 aromatic heterocycles. The van der Waals surface area contributed by atoms with Gasteiger partial charge < -0.3 is 4.74 Å². The zero-order valence-electron chi connectivity index (χ0n) is 8.57. The van der Waals surface area contributed by atoms with Gasteiger partial charge in [0.2, 0.25) is 0 Å². The summed E-state index contributed by atoms with van der Waals surface area (Å²) in [5.74, 6) is -0.296. The summed E-state index contributed by atoms with van der Waals surface area (Å²) in [5, 5.41) is 0.635. The highest BCUT2D eigenvalue weighted by molar-refractivity contribution is 9.09. The van der Waals surface area contributed by atoms with Crippen LogP contribution in [0.3, 0.4) is 0 Å². The summed E-state index contributed by atoms with van der Waals surface area (Å²) in [7, 11) is 0. The highest BCUT2D eigenvalue weighted by atomic mass is 79.9. The third-order valence-electron chi connectivity index (χ3n) is 1.87. The number of carbonyl (C=O) groups excluding carboxylic acids is 1. The van der Waals surface area contributed by atoms with E-state index in [0.29, 0.717) is 11.9 Å². The van der Waals surface area contributed by atoms with Crippen molar-refractivity contribution < 1.29 is 9.53 Å². The first-order chi connectivity index (χ1) is 7.27. The van der Waals surface area contributed by atoms with Crippen LogP contribution in [0.15, 0.2) is 36.4 Å². The Morgan fingerprint density at radius 3 is 2.60 bits per heavy atom. The lowest BCUT2D eigenvalue weighted by Gasteiger charge is -2.03. The first-order valence-electron chi connectivity index (χ1n) is 4.76. The number of hydrogen-bond donors (Lipinski definition) is 0. The molecule has 0 saturated heterocycles. The minimum Gasteiger partial charge on any atom is -0.463 e. The molecule has 15 heavy (non-hydrogen) atoms. The highest BCUT2D eigenvalue weighted by Gasteiger charge is 2.03. The first kappa shape index (κ1) is 12.0. The van der Waals surface area contributed by atoms with Crippen molar-refractivity contribution in [2.75, 3.05) is 11.9 Å². The number of rotatable bonds is 4. The molecule has 0 bridgehead atoms. The topological polar surface area (TPSA) is 26.3 Å². The van der Waals surface area contributed by atoms with Crippen LogP contribution in [0.5, 0.6) is 0 Å². The summed E-state index contributed by atoms with van der Waals surface area (Å²) in [5.41, 5.74) is 1.96. The van der Waals surface area contributed by atoms with Gasteiger partial charge in [-0.1, -0.05) is 46.3 Å². The molecular weight excluding hydrogens is 256 g/mol. The molecule has 0 aliphatic carbocycles. The monoisotopic (exact) mass is 268 g/mol. The van der Waals surface area contributed by atoms with Crippen molar-refractivity contribution in [1.82, 2.24) is 0 Å². The van der Waals surface area contributed by atoms with Gasteiger partial charge in [-0.3, -0.25) is 0 Å². The van der Waals surface area contributed by atoms with E-state index < -0.39 is 0 Å². The summed E-state index contributed by atoms with van der Waals surface area (Å²) in [6.45, 7) is 2.20. The van der Waals surface area contributed by atoms with Gasteiger partial charge in [0.25, 0.3) is 0 Å². The van der Waals surface area contributed by atoms with E-state index >= 15 is 0 Å². The van der Waals surface area contributed by atoms with E-state index in [1.54, 1.807) is 6.92 Å². The van der Waals surface area contributed by atoms with E-state index in [4.69, 9.17) is 4.74 Å². The van der Waals surface area contributed by atoms with Crippen LogP contribution < -0.4 is 0 Å². The van der Waals surface area contributed by atoms with Crippen molar-refractivity contribution >= 4 is 27.5 Å². The number of hydrogen-bond acceptors (Lipinski definition) is 2. The molecule has 1 rings (SSSR count). The fraction of sp³-hybridized carbons (Fsp3) is 0.250. The van der Waals surface area contributed by atoms with E-state index in [-0.39, 0.29) is 5.97 Å². The number of ether oxygens (including phenoxy) is 1. The second-order valence-corrected chi connectivity index (χ2v) is 3.48. The van der Waals surface area contributed by atoms with Gasteiger partial charge in [-0.25, -0.2) is 4.79 Å². The Hall–Kier alpha value is -1.09. The molecule has 0 N–H and O–H groups in total. The molecule has 0 aliphatic heterocycles. The predicted octanol–water partition coefficient (Wildman–Crippen LogP) is 3.03. The van der Waals surface area contributed by atoms with Crippen LogP contribution in [0.1, 0.15) is 12.5 Å². The summed E-state index contributed by atoms with van der Waals surface area (Å²) in [4.78, 5) is 11.3. The van der Waals surface area contributed by atoms with Crippen molar-refractivity contribution in [2.24, 2.45) is 0 Å². The number of carbonyl (C=O) groups is 1. The van der Waals surface area contributed by atoms with E-state index in [0.717, 1.165) is 11.1 Å². The van der Waals surface area contributed by atoms with Gasteiger partial charge in [0.05, 0.1) is 6.61 Å². The lowest BCUT2D eigenvalue weighted by molar-refractivity contribution is -0.137. The normalized spacial score (nSPS) is 11.2.